The predicted molar refractivity (Wildman–Crippen MR) is 65.7 cm³/mol. The molecule has 0 saturated heterocycles. The van der Waals surface area contributed by atoms with Crippen LogP contribution in [0.15, 0.2) is 6.20 Å². The number of aryl methyl sites for hydroxylation is 1. The van der Waals surface area contributed by atoms with Crippen molar-refractivity contribution in [3.8, 4) is 0 Å². The molecule has 0 amide bonds. The molecule has 1 saturated carbocycles. The van der Waals surface area contributed by atoms with Crippen LogP contribution in [0, 0.1) is 6.92 Å². The summed E-state index contributed by atoms with van der Waals surface area (Å²) in [7, 11) is 0. The molecule has 1 aliphatic rings. The molecule has 18 heavy (non-hydrogen) atoms. The summed E-state index contributed by atoms with van der Waals surface area (Å²) in [5.41, 5.74) is 1.92. The number of hydrogen-bond donors (Lipinski definition) is 1. The monoisotopic (exact) mass is 255 g/mol. The topological polar surface area (TPSA) is 37.8 Å². The standard InChI is InChI=1S/C13H19F2N3/c1-3-16-7-11-8-17-12(18-9(11)2)10-4-5-13(14,15)6-10/h8,10,16H,3-7H2,1-2H3. The van der Waals surface area contributed by atoms with Crippen LogP contribution in [0.3, 0.4) is 0 Å². The van der Waals surface area contributed by atoms with Crippen molar-refractivity contribution in [2.24, 2.45) is 0 Å². The lowest BCUT2D eigenvalue weighted by Crippen LogP contribution is -2.15. The Hall–Kier alpha value is -1.10. The fourth-order valence-electron chi connectivity index (χ4n) is 2.31. The molecule has 1 N–H and O–H groups in total. The lowest BCUT2D eigenvalue weighted by atomic mass is 10.1. The lowest BCUT2D eigenvalue weighted by Gasteiger charge is -2.12. The van der Waals surface area contributed by atoms with Gasteiger partial charge in [-0.1, -0.05) is 6.92 Å². The van der Waals surface area contributed by atoms with E-state index in [2.05, 4.69) is 15.3 Å². The van der Waals surface area contributed by atoms with Gasteiger partial charge < -0.3 is 5.32 Å². The number of aromatic nitrogens is 2. The summed E-state index contributed by atoms with van der Waals surface area (Å²) >= 11 is 0. The van der Waals surface area contributed by atoms with E-state index in [1.165, 1.54) is 0 Å². The molecule has 1 unspecified atom stereocenters. The van der Waals surface area contributed by atoms with E-state index in [0.29, 0.717) is 12.2 Å². The SMILES string of the molecule is CCNCc1cnc(C2CCC(F)(F)C2)nc1C. The van der Waals surface area contributed by atoms with Gasteiger partial charge >= 0.3 is 0 Å². The highest BCUT2D eigenvalue weighted by Crippen LogP contribution is 2.43. The molecule has 0 aliphatic heterocycles. The molecular formula is C13H19F2N3. The maximum absolute atomic E-state index is 13.2. The Labute approximate surface area is 106 Å². The van der Waals surface area contributed by atoms with Crippen LogP contribution < -0.4 is 5.32 Å². The molecular weight excluding hydrogens is 236 g/mol. The predicted octanol–water partition coefficient (Wildman–Crippen LogP) is 2.80. The summed E-state index contributed by atoms with van der Waals surface area (Å²) in [5, 5.41) is 3.21. The van der Waals surface area contributed by atoms with Crippen molar-refractivity contribution in [3.05, 3.63) is 23.3 Å². The van der Waals surface area contributed by atoms with Gasteiger partial charge in [-0.2, -0.15) is 0 Å². The zero-order chi connectivity index (χ0) is 13.2. The highest BCUT2D eigenvalue weighted by molar-refractivity contribution is 5.18. The van der Waals surface area contributed by atoms with E-state index in [-0.39, 0.29) is 18.8 Å². The van der Waals surface area contributed by atoms with Crippen molar-refractivity contribution >= 4 is 0 Å². The second kappa shape index (κ2) is 5.26. The van der Waals surface area contributed by atoms with Crippen LogP contribution >= 0.6 is 0 Å². The van der Waals surface area contributed by atoms with Crippen molar-refractivity contribution in [1.29, 1.82) is 0 Å². The Morgan fingerprint density at radius 2 is 2.28 bits per heavy atom. The van der Waals surface area contributed by atoms with Gasteiger partial charge in [0.2, 0.25) is 5.92 Å². The van der Waals surface area contributed by atoms with Crippen molar-refractivity contribution in [2.45, 2.75) is 51.5 Å². The number of nitrogens with zero attached hydrogens (tertiary/aromatic N) is 2. The van der Waals surface area contributed by atoms with E-state index in [9.17, 15) is 8.78 Å². The van der Waals surface area contributed by atoms with Crippen LogP contribution in [0.1, 0.15) is 49.2 Å². The quantitative estimate of drug-likeness (QED) is 0.899. The van der Waals surface area contributed by atoms with Crippen LogP contribution in [-0.4, -0.2) is 22.4 Å². The number of alkyl halides is 2. The number of hydrogen-bond acceptors (Lipinski definition) is 3. The minimum atomic E-state index is -2.54. The summed E-state index contributed by atoms with van der Waals surface area (Å²) in [5.74, 6) is -2.15. The van der Waals surface area contributed by atoms with E-state index in [1.54, 1.807) is 6.20 Å². The van der Waals surface area contributed by atoms with E-state index in [0.717, 1.165) is 24.3 Å². The number of halogens is 2. The molecule has 0 bridgehead atoms. The Morgan fingerprint density at radius 3 is 2.83 bits per heavy atom. The molecule has 100 valence electrons. The summed E-state index contributed by atoms with van der Waals surface area (Å²) < 4.78 is 26.3. The van der Waals surface area contributed by atoms with Crippen LogP contribution in [0.5, 0.6) is 0 Å². The minimum absolute atomic E-state index is 0.0424. The Balaban J connectivity index is 2.09. The third-order valence-electron chi connectivity index (χ3n) is 3.43. The first-order chi connectivity index (χ1) is 8.52. The van der Waals surface area contributed by atoms with Crippen molar-refractivity contribution < 1.29 is 8.78 Å². The zero-order valence-electron chi connectivity index (χ0n) is 10.8. The van der Waals surface area contributed by atoms with E-state index >= 15 is 0 Å². The van der Waals surface area contributed by atoms with Gasteiger partial charge in [0.05, 0.1) is 0 Å². The lowest BCUT2D eigenvalue weighted by molar-refractivity contribution is 0.00753. The highest BCUT2D eigenvalue weighted by Gasteiger charge is 2.41. The Bertz CT molecular complexity index is 421. The van der Waals surface area contributed by atoms with Gasteiger partial charge in [-0.05, 0) is 19.9 Å². The van der Waals surface area contributed by atoms with Crippen molar-refractivity contribution in [1.82, 2.24) is 15.3 Å². The number of rotatable bonds is 4. The fraction of sp³-hybridized carbons (Fsp3) is 0.692. The van der Waals surface area contributed by atoms with Gasteiger partial charge in [0.25, 0.3) is 0 Å². The molecule has 1 aliphatic carbocycles. The third-order valence-corrected chi connectivity index (χ3v) is 3.43. The van der Waals surface area contributed by atoms with Gasteiger partial charge in [-0.15, -0.1) is 0 Å². The molecule has 3 nitrogen and oxygen atoms in total. The molecule has 1 atom stereocenters. The minimum Gasteiger partial charge on any atom is -0.313 e. The van der Waals surface area contributed by atoms with Gasteiger partial charge in [-0.25, -0.2) is 18.7 Å². The van der Waals surface area contributed by atoms with Crippen LogP contribution in [-0.2, 0) is 6.54 Å². The first-order valence-corrected chi connectivity index (χ1v) is 6.43. The number of nitrogens with one attached hydrogen (secondary N) is 1. The summed E-state index contributed by atoms with van der Waals surface area (Å²) in [6, 6.07) is 0. The van der Waals surface area contributed by atoms with E-state index in [1.807, 2.05) is 13.8 Å². The summed E-state index contributed by atoms with van der Waals surface area (Å²) in [4.78, 5) is 8.64. The molecule has 0 radical (unpaired) electrons. The zero-order valence-corrected chi connectivity index (χ0v) is 10.8. The van der Waals surface area contributed by atoms with Gasteiger partial charge in [0, 0.05) is 42.8 Å². The van der Waals surface area contributed by atoms with Crippen molar-refractivity contribution in [3.63, 3.8) is 0 Å². The maximum atomic E-state index is 13.2. The average molecular weight is 255 g/mol. The molecule has 1 fully saturated rings. The van der Waals surface area contributed by atoms with Gasteiger partial charge in [0.15, 0.2) is 0 Å². The molecule has 1 aromatic heterocycles. The molecule has 5 heteroatoms. The van der Waals surface area contributed by atoms with E-state index < -0.39 is 5.92 Å². The second-order valence-electron chi connectivity index (χ2n) is 4.91. The first-order valence-electron chi connectivity index (χ1n) is 6.43. The molecule has 0 aromatic carbocycles. The molecule has 2 rings (SSSR count). The van der Waals surface area contributed by atoms with Crippen LogP contribution in [0.4, 0.5) is 8.78 Å². The average Bonchev–Trinajstić information content (AvgIpc) is 2.68. The van der Waals surface area contributed by atoms with E-state index in [4.69, 9.17) is 0 Å². The highest BCUT2D eigenvalue weighted by atomic mass is 19.3. The fourth-order valence-corrected chi connectivity index (χ4v) is 2.31. The van der Waals surface area contributed by atoms with Crippen molar-refractivity contribution in [2.75, 3.05) is 6.54 Å². The summed E-state index contributed by atoms with van der Waals surface area (Å²) in [6.45, 7) is 5.55. The molecule has 0 spiro atoms. The van der Waals surface area contributed by atoms with Crippen LogP contribution in [0.2, 0.25) is 0 Å². The smallest absolute Gasteiger partial charge is 0.248 e. The normalized spacial score (nSPS) is 22.3. The molecule has 1 heterocycles. The van der Waals surface area contributed by atoms with Gasteiger partial charge in [0.1, 0.15) is 5.82 Å². The second-order valence-corrected chi connectivity index (χ2v) is 4.91. The first kappa shape index (κ1) is 13.3. The largest absolute Gasteiger partial charge is 0.313 e. The van der Waals surface area contributed by atoms with Gasteiger partial charge in [-0.3, -0.25) is 0 Å². The Kier molecular flexibility index (Phi) is 3.90. The Morgan fingerprint density at radius 1 is 1.50 bits per heavy atom. The third kappa shape index (κ3) is 3.02. The summed E-state index contributed by atoms with van der Waals surface area (Å²) in [6.07, 6.45) is 2.09. The maximum Gasteiger partial charge on any atom is 0.248 e. The van der Waals surface area contributed by atoms with Crippen LogP contribution in [0.25, 0.3) is 0 Å². The molecule has 1 aromatic rings.